The van der Waals surface area contributed by atoms with E-state index >= 15 is 0 Å². The molecule has 2 aliphatic rings. The molecule has 33 heavy (non-hydrogen) atoms. The van der Waals surface area contributed by atoms with E-state index in [1.807, 2.05) is 0 Å². The van der Waals surface area contributed by atoms with Crippen LogP contribution in [0.4, 0.5) is 29.3 Å². The summed E-state index contributed by atoms with van der Waals surface area (Å²) in [5.74, 6) is -0.684. The Labute approximate surface area is 186 Å². The third-order valence-electron chi connectivity index (χ3n) is 5.63. The average molecular weight is 466 g/mol. The van der Waals surface area contributed by atoms with Crippen molar-refractivity contribution in [1.82, 2.24) is 0 Å². The molecule has 2 aromatic carbocycles. The Balaban J connectivity index is 1.45. The Hall–Kier alpha value is -3.31. The van der Waals surface area contributed by atoms with Gasteiger partial charge in [-0.25, -0.2) is 4.79 Å². The third kappa shape index (κ3) is 5.04. The third-order valence-corrected chi connectivity index (χ3v) is 5.63. The summed E-state index contributed by atoms with van der Waals surface area (Å²) in [6.45, 7) is -0.327. The highest BCUT2D eigenvalue weighted by Crippen LogP contribution is 2.47. The molecular formula is C22H21F3N2O6. The number of carbonyl (C=O) groups excluding carboxylic acids is 1. The van der Waals surface area contributed by atoms with Crippen LogP contribution in [0, 0.1) is 0 Å². The normalized spacial score (nSPS) is 23.8. The lowest BCUT2D eigenvalue weighted by molar-refractivity contribution is -0.153. The standard InChI is InChI=1S/C22H21F3N2O6/c23-22(24,25)11-1-3-12(4-2-11)26-21(31)27-13-5-6-17-15(7-13)16-8-14(9-19(29)30)32-18(10-28)20(16)33-17/h1-7,14,16,18,20,28H,8-10H2,(H,29,30)(H2,26,27,31)/t14-,16+,18+,20-/m1/s1. The van der Waals surface area contributed by atoms with Gasteiger partial charge in [0.2, 0.25) is 0 Å². The van der Waals surface area contributed by atoms with E-state index in [-0.39, 0.29) is 24.6 Å². The molecule has 0 spiro atoms. The van der Waals surface area contributed by atoms with Crippen molar-refractivity contribution in [3.05, 3.63) is 53.6 Å². The van der Waals surface area contributed by atoms with Gasteiger partial charge in [-0.15, -0.1) is 0 Å². The number of rotatable bonds is 5. The summed E-state index contributed by atoms with van der Waals surface area (Å²) in [5.41, 5.74) is 0.547. The highest BCUT2D eigenvalue weighted by molar-refractivity contribution is 5.99. The van der Waals surface area contributed by atoms with E-state index < -0.39 is 42.1 Å². The van der Waals surface area contributed by atoms with Crippen molar-refractivity contribution in [2.24, 2.45) is 0 Å². The molecule has 1 fully saturated rings. The van der Waals surface area contributed by atoms with Gasteiger partial charge in [0.05, 0.1) is 24.7 Å². The molecule has 4 rings (SSSR count). The highest BCUT2D eigenvalue weighted by atomic mass is 19.4. The first-order valence-corrected chi connectivity index (χ1v) is 10.2. The minimum absolute atomic E-state index is 0.191. The Morgan fingerprint density at radius 1 is 1.06 bits per heavy atom. The average Bonchev–Trinajstić information content (AvgIpc) is 3.10. The minimum Gasteiger partial charge on any atom is -0.487 e. The smallest absolute Gasteiger partial charge is 0.416 e. The molecule has 2 heterocycles. The molecular weight excluding hydrogens is 445 g/mol. The number of ether oxygens (including phenoxy) is 2. The number of carbonyl (C=O) groups is 2. The number of aliphatic carboxylic acids is 1. The molecule has 0 saturated carbocycles. The van der Waals surface area contributed by atoms with Crippen molar-refractivity contribution in [3.8, 4) is 5.75 Å². The van der Waals surface area contributed by atoms with Crippen LogP contribution >= 0.6 is 0 Å². The zero-order valence-electron chi connectivity index (χ0n) is 17.1. The van der Waals surface area contributed by atoms with Crippen LogP contribution in [0.3, 0.4) is 0 Å². The van der Waals surface area contributed by atoms with Gasteiger partial charge >= 0.3 is 18.2 Å². The maximum Gasteiger partial charge on any atom is 0.416 e. The molecule has 0 aromatic heterocycles. The highest BCUT2D eigenvalue weighted by Gasteiger charge is 2.46. The fourth-order valence-corrected chi connectivity index (χ4v) is 4.20. The van der Waals surface area contributed by atoms with Crippen LogP contribution in [0.25, 0.3) is 0 Å². The van der Waals surface area contributed by atoms with Crippen molar-refractivity contribution < 1.29 is 42.4 Å². The summed E-state index contributed by atoms with van der Waals surface area (Å²) in [6, 6.07) is 8.37. The maximum absolute atomic E-state index is 12.7. The van der Waals surface area contributed by atoms with Crippen LogP contribution in [-0.2, 0) is 15.7 Å². The number of aliphatic hydroxyl groups excluding tert-OH is 1. The monoisotopic (exact) mass is 466 g/mol. The topological polar surface area (TPSA) is 117 Å². The molecule has 1 saturated heterocycles. The SMILES string of the molecule is O=C(O)C[C@H]1C[C@H]2c3cc(NC(=O)Nc4ccc(C(F)(F)F)cc4)ccc3O[C@H]2[C@H](CO)O1. The minimum atomic E-state index is -4.46. The second kappa shape index (κ2) is 8.91. The van der Waals surface area contributed by atoms with E-state index in [1.165, 1.54) is 0 Å². The molecule has 2 amide bonds. The number of hydrogen-bond acceptors (Lipinski definition) is 5. The summed E-state index contributed by atoms with van der Waals surface area (Å²) >= 11 is 0. The number of fused-ring (bicyclic) bond motifs is 3. The predicted molar refractivity (Wildman–Crippen MR) is 110 cm³/mol. The van der Waals surface area contributed by atoms with Crippen molar-refractivity contribution >= 4 is 23.4 Å². The number of aliphatic hydroxyl groups is 1. The zero-order chi connectivity index (χ0) is 23.8. The summed E-state index contributed by atoms with van der Waals surface area (Å²) in [4.78, 5) is 23.4. The van der Waals surface area contributed by atoms with Crippen molar-refractivity contribution in [2.75, 3.05) is 17.2 Å². The number of hydrogen-bond donors (Lipinski definition) is 4. The summed E-state index contributed by atoms with van der Waals surface area (Å²) in [7, 11) is 0. The number of amides is 2. The Morgan fingerprint density at radius 3 is 2.36 bits per heavy atom. The van der Waals surface area contributed by atoms with Crippen LogP contribution in [0.1, 0.15) is 29.9 Å². The second-order valence-electron chi connectivity index (χ2n) is 7.91. The van der Waals surface area contributed by atoms with Gasteiger partial charge in [0, 0.05) is 22.9 Å². The molecule has 0 unspecified atom stereocenters. The number of nitrogens with one attached hydrogen (secondary N) is 2. The van der Waals surface area contributed by atoms with Crippen molar-refractivity contribution in [2.45, 2.75) is 43.2 Å². The van der Waals surface area contributed by atoms with Crippen molar-refractivity contribution in [3.63, 3.8) is 0 Å². The summed E-state index contributed by atoms with van der Waals surface area (Å²) in [6.07, 6.45) is -6.04. The second-order valence-corrected chi connectivity index (χ2v) is 7.91. The lowest BCUT2D eigenvalue weighted by atomic mass is 9.84. The van der Waals surface area contributed by atoms with E-state index in [4.69, 9.17) is 14.6 Å². The maximum atomic E-state index is 12.7. The first-order chi connectivity index (χ1) is 15.6. The first-order valence-electron chi connectivity index (χ1n) is 10.2. The van der Waals surface area contributed by atoms with E-state index in [1.54, 1.807) is 18.2 Å². The van der Waals surface area contributed by atoms with Gasteiger partial charge in [0.25, 0.3) is 0 Å². The fraction of sp³-hybridized carbons (Fsp3) is 0.364. The lowest BCUT2D eigenvalue weighted by Gasteiger charge is -2.36. The number of halogens is 3. The molecule has 4 atom stereocenters. The van der Waals surface area contributed by atoms with E-state index in [2.05, 4.69) is 10.6 Å². The number of anilines is 2. The molecule has 4 N–H and O–H groups in total. The van der Waals surface area contributed by atoms with Gasteiger partial charge < -0.3 is 30.3 Å². The van der Waals surface area contributed by atoms with Gasteiger partial charge in [0.15, 0.2) is 0 Å². The van der Waals surface area contributed by atoms with Gasteiger partial charge in [-0.05, 0) is 48.9 Å². The molecule has 0 aliphatic carbocycles. The van der Waals surface area contributed by atoms with Gasteiger partial charge in [0.1, 0.15) is 18.0 Å². The number of benzene rings is 2. The van der Waals surface area contributed by atoms with Gasteiger partial charge in [-0.3, -0.25) is 4.79 Å². The number of alkyl halides is 3. The molecule has 2 aromatic rings. The van der Waals surface area contributed by atoms with Crippen LogP contribution in [-0.4, -0.2) is 47.1 Å². The van der Waals surface area contributed by atoms with Gasteiger partial charge in [-0.2, -0.15) is 13.2 Å². The molecule has 8 nitrogen and oxygen atoms in total. The van der Waals surface area contributed by atoms with Gasteiger partial charge in [-0.1, -0.05) is 0 Å². The number of urea groups is 1. The van der Waals surface area contributed by atoms with Crippen molar-refractivity contribution in [1.29, 1.82) is 0 Å². The largest absolute Gasteiger partial charge is 0.487 e. The summed E-state index contributed by atoms with van der Waals surface area (Å²) < 4.78 is 49.6. The Bertz CT molecular complexity index is 1040. The quantitative estimate of drug-likeness (QED) is 0.532. The fourth-order valence-electron chi connectivity index (χ4n) is 4.20. The zero-order valence-corrected chi connectivity index (χ0v) is 17.1. The van der Waals surface area contributed by atoms with Crippen LogP contribution < -0.4 is 15.4 Å². The van der Waals surface area contributed by atoms with Crippen LogP contribution in [0.15, 0.2) is 42.5 Å². The molecule has 0 bridgehead atoms. The Morgan fingerprint density at radius 2 is 1.73 bits per heavy atom. The molecule has 2 aliphatic heterocycles. The van der Waals surface area contributed by atoms with E-state index in [0.29, 0.717) is 17.9 Å². The van der Waals surface area contributed by atoms with Crippen LogP contribution in [0.2, 0.25) is 0 Å². The molecule has 11 heteroatoms. The summed E-state index contributed by atoms with van der Waals surface area (Å²) in [5, 5.41) is 23.9. The first kappa shape index (κ1) is 22.9. The molecule has 176 valence electrons. The molecule has 0 radical (unpaired) electrons. The Kier molecular flexibility index (Phi) is 6.17. The predicted octanol–water partition coefficient (Wildman–Crippen LogP) is 3.82. The van der Waals surface area contributed by atoms with E-state index in [0.717, 1.165) is 29.8 Å². The van der Waals surface area contributed by atoms with Crippen LogP contribution in [0.5, 0.6) is 5.75 Å². The van der Waals surface area contributed by atoms with E-state index in [9.17, 15) is 27.9 Å². The number of carboxylic acid groups (broad SMARTS) is 1. The number of carboxylic acids is 1. The lowest BCUT2D eigenvalue weighted by Crippen LogP contribution is -2.46.